The molecule has 1 aliphatic rings. The maximum absolute atomic E-state index is 4.90. The summed E-state index contributed by atoms with van der Waals surface area (Å²) in [7, 11) is 0. The molecular formula is C17H33IN6O. The minimum absolute atomic E-state index is 0. The van der Waals surface area contributed by atoms with Crippen molar-refractivity contribution in [2.75, 3.05) is 45.8 Å². The minimum Gasteiger partial charge on any atom is -0.364 e. The van der Waals surface area contributed by atoms with Gasteiger partial charge in [0.25, 0.3) is 0 Å². The summed E-state index contributed by atoms with van der Waals surface area (Å²) in [5.41, 5.74) is 1.14. The number of nitrogens with one attached hydrogen (secondary N) is 2. The first kappa shape index (κ1) is 22.2. The Morgan fingerprint density at radius 2 is 2.00 bits per heavy atom. The van der Waals surface area contributed by atoms with Crippen molar-refractivity contribution in [2.24, 2.45) is 4.99 Å². The van der Waals surface area contributed by atoms with Crippen LogP contribution in [-0.2, 0) is 6.54 Å². The predicted molar refractivity (Wildman–Crippen MR) is 113 cm³/mol. The number of halogens is 1. The van der Waals surface area contributed by atoms with E-state index in [0.29, 0.717) is 0 Å². The van der Waals surface area contributed by atoms with Crippen molar-refractivity contribution in [3.05, 3.63) is 18.0 Å². The van der Waals surface area contributed by atoms with E-state index in [0.717, 1.165) is 64.0 Å². The van der Waals surface area contributed by atoms with Gasteiger partial charge < -0.3 is 20.1 Å². The van der Waals surface area contributed by atoms with E-state index in [1.165, 1.54) is 0 Å². The molecule has 0 unspecified atom stereocenters. The Balaban J connectivity index is 0.00000312. The van der Waals surface area contributed by atoms with Crippen molar-refractivity contribution in [2.45, 2.75) is 39.8 Å². The summed E-state index contributed by atoms with van der Waals surface area (Å²) in [5, 5.41) is 10.9. The second-order valence-electron chi connectivity index (χ2n) is 7.17. The van der Waals surface area contributed by atoms with Gasteiger partial charge in [0, 0.05) is 57.4 Å². The standard InChI is InChI=1S/C17H32N6O.HI/c1-5-18-16(19-7-8-20-17(2,3)4)23-11-9-22(10-12-23)14-15-6-13-24-21-15;/h6,13,20H,5,7-12,14H2,1-4H3,(H,18,19);1H. The molecule has 144 valence electrons. The number of nitrogens with zero attached hydrogens (tertiary/aromatic N) is 4. The Morgan fingerprint density at radius 3 is 2.56 bits per heavy atom. The molecule has 2 rings (SSSR count). The van der Waals surface area contributed by atoms with Crippen molar-refractivity contribution in [1.82, 2.24) is 25.6 Å². The van der Waals surface area contributed by atoms with E-state index in [2.05, 4.69) is 53.3 Å². The third-order valence-corrected chi connectivity index (χ3v) is 3.91. The van der Waals surface area contributed by atoms with Crippen LogP contribution in [0.25, 0.3) is 0 Å². The molecule has 25 heavy (non-hydrogen) atoms. The SMILES string of the molecule is CCNC(=NCCNC(C)(C)C)N1CCN(Cc2ccon2)CC1.I. The van der Waals surface area contributed by atoms with Crippen LogP contribution < -0.4 is 10.6 Å². The molecule has 0 aromatic carbocycles. The molecule has 2 N–H and O–H groups in total. The lowest BCUT2D eigenvalue weighted by atomic mass is 10.1. The second-order valence-corrected chi connectivity index (χ2v) is 7.17. The van der Waals surface area contributed by atoms with Gasteiger partial charge in [-0.15, -0.1) is 24.0 Å². The maximum Gasteiger partial charge on any atom is 0.194 e. The maximum atomic E-state index is 4.90. The van der Waals surface area contributed by atoms with Gasteiger partial charge in [0.05, 0.1) is 12.2 Å². The number of aromatic nitrogens is 1. The van der Waals surface area contributed by atoms with Crippen LogP contribution in [-0.4, -0.2) is 72.3 Å². The van der Waals surface area contributed by atoms with E-state index >= 15 is 0 Å². The molecule has 2 heterocycles. The lowest BCUT2D eigenvalue weighted by Gasteiger charge is -2.36. The molecule has 8 heteroatoms. The minimum atomic E-state index is 0. The molecule has 1 saturated heterocycles. The van der Waals surface area contributed by atoms with Gasteiger partial charge in [0.2, 0.25) is 0 Å². The summed E-state index contributed by atoms with van der Waals surface area (Å²) in [4.78, 5) is 9.51. The highest BCUT2D eigenvalue weighted by Crippen LogP contribution is 2.07. The van der Waals surface area contributed by atoms with Gasteiger partial charge in [-0.05, 0) is 27.7 Å². The number of piperazine rings is 1. The van der Waals surface area contributed by atoms with E-state index in [1.54, 1.807) is 6.26 Å². The van der Waals surface area contributed by atoms with E-state index in [4.69, 9.17) is 9.52 Å². The zero-order valence-corrected chi connectivity index (χ0v) is 18.2. The van der Waals surface area contributed by atoms with E-state index in [9.17, 15) is 0 Å². The summed E-state index contributed by atoms with van der Waals surface area (Å²) in [6, 6.07) is 1.93. The molecule has 1 aromatic heterocycles. The molecule has 0 radical (unpaired) electrons. The monoisotopic (exact) mass is 464 g/mol. The largest absolute Gasteiger partial charge is 0.364 e. The van der Waals surface area contributed by atoms with Crippen LogP contribution >= 0.6 is 24.0 Å². The predicted octanol–water partition coefficient (Wildman–Crippen LogP) is 1.76. The van der Waals surface area contributed by atoms with Gasteiger partial charge in [-0.25, -0.2) is 0 Å². The summed E-state index contributed by atoms with van der Waals surface area (Å²) in [5.74, 6) is 1.02. The zero-order valence-electron chi connectivity index (χ0n) is 15.9. The van der Waals surface area contributed by atoms with Crippen molar-refractivity contribution in [3.8, 4) is 0 Å². The van der Waals surface area contributed by atoms with Gasteiger partial charge in [-0.1, -0.05) is 5.16 Å². The summed E-state index contributed by atoms with van der Waals surface area (Å²) in [6.07, 6.45) is 1.63. The zero-order chi connectivity index (χ0) is 17.4. The third-order valence-electron chi connectivity index (χ3n) is 3.91. The number of hydrogen-bond acceptors (Lipinski definition) is 5. The van der Waals surface area contributed by atoms with Crippen LogP contribution in [0.15, 0.2) is 21.8 Å². The second kappa shape index (κ2) is 11.0. The molecule has 0 aliphatic carbocycles. The Morgan fingerprint density at radius 1 is 1.28 bits per heavy atom. The fourth-order valence-corrected chi connectivity index (χ4v) is 2.68. The van der Waals surface area contributed by atoms with Crippen LogP contribution in [0.4, 0.5) is 0 Å². The first-order valence-electron chi connectivity index (χ1n) is 8.88. The average molecular weight is 464 g/mol. The Kier molecular flexibility index (Phi) is 9.73. The van der Waals surface area contributed by atoms with E-state index < -0.39 is 0 Å². The summed E-state index contributed by atoms with van der Waals surface area (Å²) >= 11 is 0. The first-order valence-corrected chi connectivity index (χ1v) is 8.88. The van der Waals surface area contributed by atoms with Crippen LogP contribution in [0, 0.1) is 0 Å². The van der Waals surface area contributed by atoms with Crippen molar-refractivity contribution in [3.63, 3.8) is 0 Å². The van der Waals surface area contributed by atoms with Gasteiger partial charge in [-0.2, -0.15) is 0 Å². The van der Waals surface area contributed by atoms with Crippen LogP contribution in [0.2, 0.25) is 0 Å². The fraction of sp³-hybridized carbons (Fsp3) is 0.765. The smallest absolute Gasteiger partial charge is 0.194 e. The Hall–Kier alpha value is -0.870. The summed E-state index contributed by atoms with van der Waals surface area (Å²) in [6.45, 7) is 16.1. The normalized spacial score (nSPS) is 16.6. The Labute approximate surface area is 168 Å². The quantitative estimate of drug-likeness (QED) is 0.290. The average Bonchev–Trinajstić information content (AvgIpc) is 3.03. The molecule has 0 amide bonds. The highest BCUT2D eigenvalue weighted by atomic mass is 127. The van der Waals surface area contributed by atoms with Crippen LogP contribution in [0.3, 0.4) is 0 Å². The van der Waals surface area contributed by atoms with Gasteiger partial charge in [-0.3, -0.25) is 9.89 Å². The van der Waals surface area contributed by atoms with Gasteiger partial charge in [0.1, 0.15) is 6.26 Å². The molecule has 0 bridgehead atoms. The van der Waals surface area contributed by atoms with E-state index in [-0.39, 0.29) is 29.5 Å². The fourth-order valence-electron chi connectivity index (χ4n) is 2.68. The van der Waals surface area contributed by atoms with Gasteiger partial charge in [0.15, 0.2) is 5.96 Å². The van der Waals surface area contributed by atoms with Crippen molar-refractivity contribution >= 4 is 29.9 Å². The van der Waals surface area contributed by atoms with Crippen LogP contribution in [0.5, 0.6) is 0 Å². The van der Waals surface area contributed by atoms with Crippen molar-refractivity contribution in [1.29, 1.82) is 0 Å². The van der Waals surface area contributed by atoms with Gasteiger partial charge >= 0.3 is 0 Å². The van der Waals surface area contributed by atoms with Crippen molar-refractivity contribution < 1.29 is 4.52 Å². The molecule has 7 nitrogen and oxygen atoms in total. The van der Waals surface area contributed by atoms with Crippen LogP contribution in [0.1, 0.15) is 33.4 Å². The lowest BCUT2D eigenvalue weighted by molar-refractivity contribution is 0.169. The molecule has 1 aromatic rings. The molecule has 0 saturated carbocycles. The lowest BCUT2D eigenvalue weighted by Crippen LogP contribution is -2.52. The third kappa shape index (κ3) is 8.37. The highest BCUT2D eigenvalue weighted by molar-refractivity contribution is 14.0. The topological polar surface area (TPSA) is 68.9 Å². The first-order chi connectivity index (χ1) is 11.5. The Bertz CT molecular complexity index is 492. The molecule has 0 spiro atoms. The number of rotatable bonds is 6. The molecule has 1 aliphatic heterocycles. The number of aliphatic imine (C=N–C) groups is 1. The number of guanidine groups is 1. The highest BCUT2D eigenvalue weighted by Gasteiger charge is 2.20. The summed E-state index contributed by atoms with van der Waals surface area (Å²) < 4.78 is 4.90. The molecule has 0 atom stereocenters. The molecular weight excluding hydrogens is 431 g/mol. The van der Waals surface area contributed by atoms with E-state index in [1.807, 2.05) is 6.07 Å². The number of hydrogen-bond donors (Lipinski definition) is 2. The molecule has 1 fully saturated rings.